The highest BCUT2D eigenvalue weighted by atomic mass is 16.4. The second-order valence-electron chi connectivity index (χ2n) is 5.17. The van der Waals surface area contributed by atoms with Gasteiger partial charge in [-0.1, -0.05) is 0 Å². The van der Waals surface area contributed by atoms with Crippen molar-refractivity contribution >= 4 is 17.8 Å². The Hall–Kier alpha value is -1.59. The fourth-order valence-electron chi connectivity index (χ4n) is 2.25. The Morgan fingerprint density at radius 1 is 1.39 bits per heavy atom. The van der Waals surface area contributed by atoms with Crippen molar-refractivity contribution in [3.05, 3.63) is 0 Å². The number of amides is 2. The lowest BCUT2D eigenvalue weighted by Crippen LogP contribution is -2.48. The van der Waals surface area contributed by atoms with Crippen molar-refractivity contribution in [1.29, 1.82) is 0 Å². The van der Waals surface area contributed by atoms with Gasteiger partial charge in [0.1, 0.15) is 6.04 Å². The van der Waals surface area contributed by atoms with E-state index in [1.807, 2.05) is 0 Å². The zero-order valence-electron chi connectivity index (χ0n) is 10.4. The highest BCUT2D eigenvalue weighted by Gasteiger charge is 2.39. The summed E-state index contributed by atoms with van der Waals surface area (Å²) in [5, 5.41) is 11.6. The molecule has 0 spiro atoms. The van der Waals surface area contributed by atoms with Crippen LogP contribution in [0.1, 0.15) is 25.7 Å². The van der Waals surface area contributed by atoms with E-state index >= 15 is 0 Å². The monoisotopic (exact) mass is 254 g/mol. The van der Waals surface area contributed by atoms with E-state index in [0.29, 0.717) is 13.0 Å². The zero-order chi connectivity index (χ0) is 13.3. The highest BCUT2D eigenvalue weighted by molar-refractivity contribution is 5.89. The van der Waals surface area contributed by atoms with Gasteiger partial charge in [0, 0.05) is 25.9 Å². The fourth-order valence-corrected chi connectivity index (χ4v) is 2.25. The van der Waals surface area contributed by atoms with Gasteiger partial charge in [0.15, 0.2) is 0 Å². The predicted octanol–water partition coefficient (Wildman–Crippen LogP) is -0.166. The first-order valence-corrected chi connectivity index (χ1v) is 6.26. The van der Waals surface area contributed by atoms with Gasteiger partial charge < -0.3 is 15.3 Å². The van der Waals surface area contributed by atoms with Crippen LogP contribution in [0.25, 0.3) is 0 Å². The van der Waals surface area contributed by atoms with Gasteiger partial charge in [0.25, 0.3) is 0 Å². The Labute approximate surface area is 105 Å². The lowest BCUT2D eigenvalue weighted by molar-refractivity contribution is -0.144. The maximum absolute atomic E-state index is 12.0. The van der Waals surface area contributed by atoms with Gasteiger partial charge in [-0.05, 0) is 25.2 Å². The van der Waals surface area contributed by atoms with Crippen LogP contribution in [0.4, 0.5) is 0 Å². The van der Waals surface area contributed by atoms with E-state index in [4.69, 9.17) is 5.11 Å². The Balaban J connectivity index is 1.91. The van der Waals surface area contributed by atoms with Gasteiger partial charge in [0.05, 0.1) is 0 Å². The van der Waals surface area contributed by atoms with Gasteiger partial charge in [-0.15, -0.1) is 0 Å². The van der Waals surface area contributed by atoms with Crippen LogP contribution in [0, 0.1) is 11.8 Å². The molecular formula is C12H18N2O4. The number of carboxylic acid groups (broad SMARTS) is 1. The Bertz CT molecular complexity index is 378. The van der Waals surface area contributed by atoms with E-state index in [1.165, 1.54) is 0 Å². The predicted molar refractivity (Wildman–Crippen MR) is 62.7 cm³/mol. The minimum atomic E-state index is -0.981. The number of likely N-dealkylation sites (tertiary alicyclic amines) is 1. The molecule has 2 N–H and O–H groups in total. The maximum Gasteiger partial charge on any atom is 0.326 e. The molecule has 2 aliphatic rings. The Morgan fingerprint density at radius 3 is 2.56 bits per heavy atom. The molecule has 1 aliphatic carbocycles. The molecule has 0 aromatic heterocycles. The quantitative estimate of drug-likeness (QED) is 0.729. The number of nitrogens with zero attached hydrogens (tertiary/aromatic N) is 1. The fraction of sp³-hybridized carbons (Fsp3) is 0.750. The molecule has 1 heterocycles. The molecule has 2 unspecified atom stereocenters. The summed E-state index contributed by atoms with van der Waals surface area (Å²) in [4.78, 5) is 36.1. The number of hydrogen-bond donors (Lipinski definition) is 2. The molecule has 1 saturated heterocycles. The summed E-state index contributed by atoms with van der Waals surface area (Å²) in [6, 6.07) is -0.785. The van der Waals surface area contributed by atoms with Crippen LogP contribution in [0.5, 0.6) is 0 Å². The SMILES string of the molecule is CN1CCC(C(=O)NC(C(=O)O)C2CC2)CC1=O. The smallest absolute Gasteiger partial charge is 0.326 e. The largest absolute Gasteiger partial charge is 0.480 e. The van der Waals surface area contributed by atoms with E-state index < -0.39 is 12.0 Å². The molecule has 0 bridgehead atoms. The van der Waals surface area contributed by atoms with Crippen molar-refractivity contribution in [1.82, 2.24) is 10.2 Å². The van der Waals surface area contributed by atoms with Crippen molar-refractivity contribution in [3.63, 3.8) is 0 Å². The van der Waals surface area contributed by atoms with Gasteiger partial charge >= 0.3 is 5.97 Å². The standard InChI is InChI=1S/C12H18N2O4/c1-14-5-4-8(6-9(14)15)11(16)13-10(12(17)18)7-2-3-7/h7-8,10H,2-6H2,1H3,(H,13,16)(H,17,18). The van der Waals surface area contributed by atoms with Crippen LogP contribution in [0.15, 0.2) is 0 Å². The average molecular weight is 254 g/mol. The van der Waals surface area contributed by atoms with Crippen molar-refractivity contribution in [3.8, 4) is 0 Å². The summed E-state index contributed by atoms with van der Waals surface area (Å²) in [6.45, 7) is 0.554. The number of carboxylic acids is 1. The molecule has 0 radical (unpaired) electrons. The van der Waals surface area contributed by atoms with Gasteiger partial charge in [-0.3, -0.25) is 9.59 Å². The minimum absolute atomic E-state index is 0.0558. The summed E-state index contributed by atoms with van der Waals surface area (Å²) >= 11 is 0. The molecule has 2 amide bonds. The number of piperidine rings is 1. The molecule has 6 nitrogen and oxygen atoms in total. The topological polar surface area (TPSA) is 86.7 Å². The van der Waals surface area contributed by atoms with Crippen LogP contribution < -0.4 is 5.32 Å². The van der Waals surface area contributed by atoms with E-state index in [-0.39, 0.29) is 30.1 Å². The number of aliphatic carboxylic acids is 1. The van der Waals surface area contributed by atoms with Gasteiger partial charge in [0.2, 0.25) is 11.8 Å². The molecular weight excluding hydrogens is 236 g/mol. The molecule has 0 aromatic carbocycles. The molecule has 100 valence electrons. The van der Waals surface area contributed by atoms with Crippen LogP contribution in [0.3, 0.4) is 0 Å². The normalized spacial score (nSPS) is 25.7. The third-order valence-electron chi connectivity index (χ3n) is 3.69. The van der Waals surface area contributed by atoms with Crippen molar-refractivity contribution in [2.45, 2.75) is 31.7 Å². The molecule has 18 heavy (non-hydrogen) atoms. The van der Waals surface area contributed by atoms with Crippen LogP contribution in [0.2, 0.25) is 0 Å². The second kappa shape index (κ2) is 4.96. The molecule has 0 aromatic rings. The van der Waals surface area contributed by atoms with Crippen molar-refractivity contribution in [2.24, 2.45) is 11.8 Å². The lowest BCUT2D eigenvalue weighted by atomic mass is 9.95. The summed E-state index contributed by atoms with van der Waals surface area (Å²) in [5.41, 5.74) is 0. The third-order valence-corrected chi connectivity index (χ3v) is 3.69. The van der Waals surface area contributed by atoms with Gasteiger partial charge in [-0.2, -0.15) is 0 Å². The first kappa shape index (κ1) is 12.9. The van der Waals surface area contributed by atoms with Gasteiger partial charge in [-0.25, -0.2) is 4.79 Å². The second-order valence-corrected chi connectivity index (χ2v) is 5.17. The molecule has 6 heteroatoms. The highest BCUT2D eigenvalue weighted by Crippen LogP contribution is 2.33. The van der Waals surface area contributed by atoms with Crippen molar-refractivity contribution in [2.75, 3.05) is 13.6 Å². The third kappa shape index (κ3) is 2.80. The molecule has 1 saturated carbocycles. The first-order valence-electron chi connectivity index (χ1n) is 6.26. The van der Waals surface area contributed by atoms with E-state index in [0.717, 1.165) is 12.8 Å². The van der Waals surface area contributed by atoms with Crippen LogP contribution in [-0.4, -0.2) is 47.4 Å². The van der Waals surface area contributed by atoms with Crippen molar-refractivity contribution < 1.29 is 19.5 Å². The minimum Gasteiger partial charge on any atom is -0.480 e. The molecule has 2 rings (SSSR count). The summed E-state index contributed by atoms with van der Waals surface area (Å²) in [7, 11) is 1.71. The van der Waals surface area contributed by atoms with Crippen LogP contribution in [-0.2, 0) is 14.4 Å². The zero-order valence-corrected chi connectivity index (χ0v) is 10.4. The Kier molecular flexibility index (Phi) is 3.54. The molecule has 1 aliphatic heterocycles. The van der Waals surface area contributed by atoms with E-state index in [2.05, 4.69) is 5.32 Å². The number of hydrogen-bond acceptors (Lipinski definition) is 3. The number of carbonyl (C=O) groups excluding carboxylic acids is 2. The number of rotatable bonds is 4. The first-order chi connectivity index (χ1) is 8.49. The molecule has 2 fully saturated rings. The average Bonchev–Trinajstić information content (AvgIpc) is 3.13. The summed E-state index contributed by atoms with van der Waals surface area (Å²) in [5.74, 6) is -1.65. The van der Waals surface area contributed by atoms with Crippen LogP contribution >= 0.6 is 0 Å². The van der Waals surface area contributed by atoms with E-state index in [1.54, 1.807) is 11.9 Å². The molecule has 2 atom stereocenters. The van der Waals surface area contributed by atoms with E-state index in [9.17, 15) is 14.4 Å². The summed E-state index contributed by atoms with van der Waals surface area (Å²) in [6.07, 6.45) is 2.48. The Morgan fingerprint density at radius 2 is 2.06 bits per heavy atom. The maximum atomic E-state index is 12.0. The lowest BCUT2D eigenvalue weighted by Gasteiger charge is -2.28. The number of carbonyl (C=O) groups is 3. The number of nitrogens with one attached hydrogen (secondary N) is 1. The summed E-state index contributed by atoms with van der Waals surface area (Å²) < 4.78 is 0.